The summed E-state index contributed by atoms with van der Waals surface area (Å²) in [5, 5.41) is 1.08. The molecule has 1 aromatic carbocycles. The van der Waals surface area contributed by atoms with Crippen molar-refractivity contribution >= 4 is 20.7 Å². The first-order valence-corrected chi connectivity index (χ1v) is 9.03. The van der Waals surface area contributed by atoms with Crippen molar-refractivity contribution in [3.63, 3.8) is 0 Å². The zero-order valence-electron chi connectivity index (χ0n) is 11.9. The van der Waals surface area contributed by atoms with Gasteiger partial charge in [-0.3, -0.25) is 4.98 Å². The van der Waals surface area contributed by atoms with Crippen LogP contribution in [0.4, 0.5) is 0 Å². The van der Waals surface area contributed by atoms with Gasteiger partial charge in [0.2, 0.25) is 0 Å². The Morgan fingerprint density at radius 2 is 2.05 bits per heavy atom. The smallest absolute Gasteiger partial charge is 0.152 e. The molecule has 1 unspecified atom stereocenters. The second-order valence-corrected chi connectivity index (χ2v) is 7.85. The van der Waals surface area contributed by atoms with Crippen molar-refractivity contribution in [3.8, 4) is 11.4 Å². The second-order valence-electron chi connectivity index (χ2n) is 5.63. The van der Waals surface area contributed by atoms with E-state index in [2.05, 4.69) is 9.97 Å². The molecule has 1 fully saturated rings. The van der Waals surface area contributed by atoms with Crippen molar-refractivity contribution in [1.82, 2.24) is 14.5 Å². The van der Waals surface area contributed by atoms with E-state index >= 15 is 0 Å². The van der Waals surface area contributed by atoms with E-state index in [1.807, 2.05) is 41.1 Å². The predicted molar refractivity (Wildman–Crippen MR) is 85.3 cm³/mol. The number of pyridine rings is 1. The second kappa shape index (κ2) is 4.91. The molecule has 5 nitrogen and oxygen atoms in total. The average molecular weight is 313 g/mol. The van der Waals surface area contributed by atoms with E-state index in [4.69, 9.17) is 0 Å². The van der Waals surface area contributed by atoms with Crippen molar-refractivity contribution in [1.29, 1.82) is 0 Å². The van der Waals surface area contributed by atoms with Gasteiger partial charge in [-0.25, -0.2) is 13.4 Å². The van der Waals surface area contributed by atoms with Crippen molar-refractivity contribution in [2.24, 2.45) is 0 Å². The molecule has 2 aromatic heterocycles. The molecule has 1 atom stereocenters. The van der Waals surface area contributed by atoms with Crippen molar-refractivity contribution in [3.05, 3.63) is 48.9 Å². The molecule has 112 valence electrons. The third kappa shape index (κ3) is 2.29. The Labute approximate surface area is 128 Å². The number of hydrogen-bond acceptors (Lipinski definition) is 4. The lowest BCUT2D eigenvalue weighted by Crippen LogP contribution is -2.11. The van der Waals surface area contributed by atoms with E-state index in [1.165, 1.54) is 0 Å². The van der Waals surface area contributed by atoms with Crippen LogP contribution in [0.15, 0.2) is 48.9 Å². The largest absolute Gasteiger partial charge is 0.327 e. The maximum Gasteiger partial charge on any atom is 0.152 e. The van der Waals surface area contributed by atoms with E-state index in [0.717, 1.165) is 22.3 Å². The molecular weight excluding hydrogens is 298 g/mol. The van der Waals surface area contributed by atoms with E-state index in [1.54, 1.807) is 12.4 Å². The molecule has 3 heterocycles. The number of hydrogen-bond donors (Lipinski definition) is 0. The van der Waals surface area contributed by atoms with Gasteiger partial charge in [-0.2, -0.15) is 0 Å². The number of benzene rings is 1. The third-order valence-corrected chi connectivity index (χ3v) is 5.88. The molecule has 0 saturated carbocycles. The maximum absolute atomic E-state index is 11.7. The van der Waals surface area contributed by atoms with Crippen molar-refractivity contribution in [2.45, 2.75) is 12.5 Å². The summed E-state index contributed by atoms with van der Waals surface area (Å²) >= 11 is 0. The number of nitrogens with zero attached hydrogens (tertiary/aromatic N) is 3. The monoisotopic (exact) mass is 313 g/mol. The highest BCUT2D eigenvalue weighted by Crippen LogP contribution is 2.29. The van der Waals surface area contributed by atoms with Crippen LogP contribution >= 0.6 is 0 Å². The summed E-state index contributed by atoms with van der Waals surface area (Å²) in [6, 6.07) is 9.92. The SMILES string of the molecule is O=S1(=O)CCC(n2ccnc2-c2ccc3cccnc3c2)C1. The lowest BCUT2D eigenvalue weighted by Gasteiger charge is -2.14. The summed E-state index contributed by atoms with van der Waals surface area (Å²) in [5.41, 5.74) is 1.87. The lowest BCUT2D eigenvalue weighted by molar-refractivity contribution is 0.560. The molecule has 0 aliphatic carbocycles. The molecule has 4 rings (SSSR count). The summed E-state index contributed by atoms with van der Waals surface area (Å²) in [6.07, 6.45) is 6.01. The van der Waals surface area contributed by atoms with E-state index in [9.17, 15) is 8.42 Å². The molecule has 0 bridgehead atoms. The van der Waals surface area contributed by atoms with Gasteiger partial charge in [0.25, 0.3) is 0 Å². The summed E-state index contributed by atoms with van der Waals surface area (Å²) in [7, 11) is -2.92. The number of sulfone groups is 1. The third-order valence-electron chi connectivity index (χ3n) is 4.13. The minimum atomic E-state index is -2.92. The highest BCUT2D eigenvalue weighted by molar-refractivity contribution is 7.91. The molecule has 6 heteroatoms. The Hall–Kier alpha value is -2.21. The first kappa shape index (κ1) is 13.5. The van der Waals surface area contributed by atoms with Gasteiger partial charge in [0.15, 0.2) is 9.84 Å². The summed E-state index contributed by atoms with van der Waals surface area (Å²) in [5.74, 6) is 1.26. The lowest BCUT2D eigenvalue weighted by atomic mass is 10.1. The zero-order valence-corrected chi connectivity index (χ0v) is 12.7. The number of fused-ring (bicyclic) bond motifs is 1. The van der Waals surface area contributed by atoms with Crippen LogP contribution in [0.3, 0.4) is 0 Å². The minimum absolute atomic E-state index is 0.0260. The van der Waals surface area contributed by atoms with Crippen molar-refractivity contribution < 1.29 is 8.42 Å². The molecule has 0 amide bonds. The predicted octanol–water partition coefficient (Wildman–Crippen LogP) is 2.46. The van der Waals surface area contributed by atoms with Gasteiger partial charge < -0.3 is 4.57 Å². The van der Waals surface area contributed by atoms with E-state index in [-0.39, 0.29) is 17.5 Å². The Bertz CT molecular complexity index is 947. The molecule has 22 heavy (non-hydrogen) atoms. The highest BCUT2D eigenvalue weighted by atomic mass is 32.2. The van der Waals surface area contributed by atoms with Crippen LogP contribution in [-0.2, 0) is 9.84 Å². The first-order valence-electron chi connectivity index (χ1n) is 7.21. The van der Waals surface area contributed by atoms with E-state index in [0.29, 0.717) is 6.42 Å². The number of rotatable bonds is 2. The highest BCUT2D eigenvalue weighted by Gasteiger charge is 2.30. The van der Waals surface area contributed by atoms with Gasteiger partial charge >= 0.3 is 0 Å². The van der Waals surface area contributed by atoms with Gasteiger partial charge in [0, 0.05) is 29.5 Å². The Balaban J connectivity index is 1.78. The first-order chi connectivity index (χ1) is 10.6. The molecular formula is C16H15N3O2S. The topological polar surface area (TPSA) is 64.8 Å². The number of aromatic nitrogens is 3. The Morgan fingerprint density at radius 1 is 1.14 bits per heavy atom. The molecule has 1 aliphatic rings. The van der Waals surface area contributed by atoms with Crippen LogP contribution in [-0.4, -0.2) is 34.5 Å². The summed E-state index contributed by atoms with van der Waals surface area (Å²) in [4.78, 5) is 8.80. The molecule has 1 saturated heterocycles. The molecule has 0 N–H and O–H groups in total. The normalized spacial score (nSPS) is 20.5. The fourth-order valence-corrected chi connectivity index (χ4v) is 4.74. The van der Waals surface area contributed by atoms with Crippen LogP contribution in [0.1, 0.15) is 12.5 Å². The molecule has 1 aliphatic heterocycles. The maximum atomic E-state index is 11.7. The summed E-state index contributed by atoms with van der Waals surface area (Å²) in [6.45, 7) is 0. The van der Waals surface area contributed by atoms with Crippen LogP contribution in [0, 0.1) is 0 Å². The quantitative estimate of drug-likeness (QED) is 0.729. The Kier molecular flexibility index (Phi) is 3.00. The fourth-order valence-electron chi connectivity index (χ4n) is 3.03. The van der Waals surface area contributed by atoms with Crippen LogP contribution < -0.4 is 0 Å². The number of imidazole rings is 1. The average Bonchev–Trinajstić information content (AvgIpc) is 3.13. The van der Waals surface area contributed by atoms with Crippen LogP contribution in [0.25, 0.3) is 22.3 Å². The van der Waals surface area contributed by atoms with Gasteiger partial charge in [-0.1, -0.05) is 18.2 Å². The van der Waals surface area contributed by atoms with E-state index < -0.39 is 9.84 Å². The minimum Gasteiger partial charge on any atom is -0.327 e. The standard InChI is InChI=1S/C16H15N3O2S/c20-22(21)9-5-14(11-22)19-8-7-18-16(19)13-4-3-12-2-1-6-17-15(12)10-13/h1-4,6-8,10,14H,5,9,11H2. The molecule has 0 spiro atoms. The van der Waals surface area contributed by atoms with Crippen molar-refractivity contribution in [2.75, 3.05) is 11.5 Å². The van der Waals surface area contributed by atoms with Crippen LogP contribution in [0.2, 0.25) is 0 Å². The molecule has 3 aromatic rings. The Morgan fingerprint density at radius 3 is 2.86 bits per heavy atom. The van der Waals surface area contributed by atoms with Gasteiger partial charge in [0.05, 0.1) is 23.1 Å². The summed E-state index contributed by atoms with van der Waals surface area (Å²) < 4.78 is 25.4. The van der Waals surface area contributed by atoms with Crippen LogP contribution in [0.5, 0.6) is 0 Å². The van der Waals surface area contributed by atoms with Gasteiger partial charge in [0.1, 0.15) is 5.82 Å². The fraction of sp³-hybridized carbons (Fsp3) is 0.250. The molecule has 0 radical (unpaired) electrons. The van der Waals surface area contributed by atoms with Gasteiger partial charge in [-0.05, 0) is 18.6 Å². The zero-order chi connectivity index (χ0) is 15.2. The van der Waals surface area contributed by atoms with Gasteiger partial charge in [-0.15, -0.1) is 0 Å².